The number of hydrogen-bond acceptors (Lipinski definition) is 11. The Bertz CT molecular complexity index is 1960. The SMILES string of the molecule is CCOC(C)n1cc(-c2ncn3nc(Nc4ccc(S(=O)(=O)c5cccc(N6CC(O)C6)c5)cc4F)nc3c2OC(C)C)cn1. The Balaban J connectivity index is 1.27. The number of benzene rings is 2. The van der Waals surface area contributed by atoms with Crippen LogP contribution >= 0.6 is 0 Å². The first-order chi connectivity index (χ1) is 21.5. The summed E-state index contributed by atoms with van der Waals surface area (Å²) >= 11 is 0. The topological polar surface area (TPSA) is 149 Å². The number of sulfone groups is 1. The van der Waals surface area contributed by atoms with Crippen molar-refractivity contribution in [1.82, 2.24) is 29.4 Å². The highest BCUT2D eigenvalue weighted by molar-refractivity contribution is 7.91. The number of aliphatic hydroxyl groups excluding tert-OH is 1. The molecule has 0 saturated carbocycles. The second-order valence-electron chi connectivity index (χ2n) is 10.9. The standard InChI is InChI=1S/C30H33FN8O5S/c1-5-43-19(4)38-14-20(13-33-38)27-28(44-18(2)3)29-35-30(36-39(29)17-32-27)34-26-10-9-24(12-25(26)31)45(41,42)23-8-6-7-21(11-23)37-15-22(40)16-37/h6-14,17-19,22,40H,5,15-16H2,1-4H3,(H,34,36). The van der Waals surface area contributed by atoms with Crippen LogP contribution in [0.2, 0.25) is 0 Å². The van der Waals surface area contributed by atoms with Crippen molar-refractivity contribution >= 4 is 32.8 Å². The van der Waals surface area contributed by atoms with Crippen molar-refractivity contribution in [3.8, 4) is 17.0 Å². The molecular weight excluding hydrogens is 603 g/mol. The molecule has 1 fully saturated rings. The Morgan fingerprint density at radius 1 is 1.13 bits per heavy atom. The van der Waals surface area contributed by atoms with Gasteiger partial charge in [0.25, 0.3) is 0 Å². The highest BCUT2D eigenvalue weighted by Gasteiger charge is 2.27. The third kappa shape index (κ3) is 6.06. The zero-order valence-corrected chi connectivity index (χ0v) is 25.9. The number of halogens is 1. The number of nitrogens with zero attached hydrogens (tertiary/aromatic N) is 7. The summed E-state index contributed by atoms with van der Waals surface area (Å²) < 4.78 is 56.9. The zero-order valence-electron chi connectivity index (χ0n) is 25.1. The monoisotopic (exact) mass is 636 g/mol. The summed E-state index contributed by atoms with van der Waals surface area (Å²) in [5.74, 6) is -0.374. The molecule has 5 aromatic rings. The Hall–Kier alpha value is -4.60. The number of β-amino-alcohol motifs (C(OH)–C–C–N with tert-alkyl or cyclic N) is 1. The van der Waals surface area contributed by atoms with E-state index in [0.29, 0.717) is 48.0 Å². The van der Waals surface area contributed by atoms with Gasteiger partial charge >= 0.3 is 0 Å². The minimum Gasteiger partial charge on any atom is -0.485 e. The fourth-order valence-corrected chi connectivity index (χ4v) is 6.26. The molecule has 2 N–H and O–H groups in total. The van der Waals surface area contributed by atoms with Crippen LogP contribution in [0.1, 0.15) is 33.9 Å². The summed E-state index contributed by atoms with van der Waals surface area (Å²) in [5.41, 5.74) is 2.19. The Kier molecular flexibility index (Phi) is 8.16. The fraction of sp³-hybridized carbons (Fsp3) is 0.333. The Labute approximate surface area is 259 Å². The summed E-state index contributed by atoms with van der Waals surface area (Å²) in [7, 11) is -4.01. The average molecular weight is 637 g/mol. The number of fused-ring (bicyclic) bond motifs is 1. The van der Waals surface area contributed by atoms with E-state index in [0.717, 1.165) is 6.07 Å². The lowest BCUT2D eigenvalue weighted by atomic mass is 10.1. The molecule has 3 aromatic heterocycles. The number of rotatable bonds is 11. The summed E-state index contributed by atoms with van der Waals surface area (Å²) in [5, 5.41) is 21.2. The van der Waals surface area contributed by atoms with Crippen molar-refractivity contribution in [2.45, 2.75) is 55.9 Å². The molecule has 1 unspecified atom stereocenters. The highest BCUT2D eigenvalue weighted by Crippen LogP contribution is 2.34. The van der Waals surface area contributed by atoms with Crippen molar-refractivity contribution in [3.63, 3.8) is 0 Å². The quantitative estimate of drug-likeness (QED) is 0.215. The maximum absolute atomic E-state index is 15.3. The van der Waals surface area contributed by atoms with E-state index in [1.165, 1.54) is 35.1 Å². The minimum absolute atomic E-state index is 0.0149. The van der Waals surface area contributed by atoms with Gasteiger partial charge in [-0.25, -0.2) is 22.5 Å². The van der Waals surface area contributed by atoms with E-state index >= 15 is 4.39 Å². The van der Waals surface area contributed by atoms with Crippen LogP contribution in [0.15, 0.2) is 71.0 Å². The van der Waals surface area contributed by atoms with E-state index in [1.54, 1.807) is 29.2 Å². The van der Waals surface area contributed by atoms with Gasteiger partial charge in [0, 0.05) is 37.1 Å². The van der Waals surface area contributed by atoms with Crippen molar-refractivity contribution in [1.29, 1.82) is 0 Å². The van der Waals surface area contributed by atoms with Gasteiger partial charge in [0.15, 0.2) is 5.75 Å². The van der Waals surface area contributed by atoms with Crippen molar-refractivity contribution in [2.24, 2.45) is 0 Å². The van der Waals surface area contributed by atoms with Gasteiger partial charge in [-0.3, -0.25) is 0 Å². The van der Waals surface area contributed by atoms with Gasteiger partial charge < -0.3 is 24.8 Å². The number of nitrogens with one attached hydrogen (secondary N) is 1. The van der Waals surface area contributed by atoms with Crippen molar-refractivity contribution < 1.29 is 27.4 Å². The summed E-state index contributed by atoms with van der Waals surface area (Å²) in [6, 6.07) is 9.99. The lowest BCUT2D eigenvalue weighted by Gasteiger charge is -2.38. The lowest BCUT2D eigenvalue weighted by Crippen LogP contribution is -2.50. The molecule has 13 nitrogen and oxygen atoms in total. The largest absolute Gasteiger partial charge is 0.485 e. The molecule has 0 aliphatic carbocycles. The molecule has 2 aromatic carbocycles. The first kappa shape index (κ1) is 30.4. The van der Waals surface area contributed by atoms with Crippen LogP contribution in [0.5, 0.6) is 5.75 Å². The minimum atomic E-state index is -4.01. The summed E-state index contributed by atoms with van der Waals surface area (Å²) in [6.07, 6.45) is 4.02. The van der Waals surface area contributed by atoms with Crippen LogP contribution in [-0.4, -0.2) is 74.8 Å². The van der Waals surface area contributed by atoms with Crippen LogP contribution in [-0.2, 0) is 14.6 Å². The first-order valence-electron chi connectivity index (χ1n) is 14.5. The van der Waals surface area contributed by atoms with Gasteiger partial charge in [0.05, 0.1) is 33.9 Å². The van der Waals surface area contributed by atoms with E-state index in [4.69, 9.17) is 9.47 Å². The molecule has 6 rings (SSSR count). The molecule has 1 aliphatic heterocycles. The summed E-state index contributed by atoms with van der Waals surface area (Å²) in [6.45, 7) is 8.94. The number of aromatic nitrogens is 6. The molecular formula is C30H33FN8O5S. The molecule has 0 bridgehead atoms. The van der Waals surface area contributed by atoms with E-state index in [-0.39, 0.29) is 33.8 Å². The van der Waals surface area contributed by atoms with E-state index < -0.39 is 21.8 Å². The number of ether oxygens (including phenoxy) is 2. The summed E-state index contributed by atoms with van der Waals surface area (Å²) in [4.78, 5) is 10.8. The first-order valence-corrected chi connectivity index (χ1v) is 15.9. The molecule has 15 heteroatoms. The van der Waals surface area contributed by atoms with Crippen LogP contribution in [0.3, 0.4) is 0 Å². The molecule has 1 saturated heterocycles. The predicted octanol–water partition coefficient (Wildman–Crippen LogP) is 4.23. The van der Waals surface area contributed by atoms with Gasteiger partial charge in [0.1, 0.15) is 24.1 Å². The van der Waals surface area contributed by atoms with Gasteiger partial charge in [-0.1, -0.05) is 6.07 Å². The van der Waals surface area contributed by atoms with Gasteiger partial charge in [-0.2, -0.15) is 14.6 Å². The average Bonchev–Trinajstić information content (AvgIpc) is 3.64. The third-order valence-corrected chi connectivity index (χ3v) is 8.96. The molecule has 1 atom stereocenters. The second-order valence-corrected chi connectivity index (χ2v) is 12.8. The van der Waals surface area contributed by atoms with Crippen LogP contribution < -0.4 is 15.0 Å². The van der Waals surface area contributed by atoms with Crippen molar-refractivity contribution in [3.05, 3.63) is 67.0 Å². The normalized spacial score (nSPS) is 14.6. The zero-order chi connectivity index (χ0) is 31.9. The maximum Gasteiger partial charge on any atom is 0.247 e. The van der Waals surface area contributed by atoms with E-state index in [2.05, 4.69) is 25.5 Å². The molecule has 4 heterocycles. The van der Waals surface area contributed by atoms with Crippen molar-refractivity contribution in [2.75, 3.05) is 29.9 Å². The van der Waals surface area contributed by atoms with E-state index in [1.807, 2.05) is 32.6 Å². The Morgan fingerprint density at radius 3 is 2.62 bits per heavy atom. The molecule has 0 spiro atoms. The van der Waals surface area contributed by atoms with E-state index in [9.17, 15) is 13.5 Å². The van der Waals surface area contributed by atoms with Gasteiger partial charge in [-0.15, -0.1) is 5.10 Å². The molecule has 0 radical (unpaired) electrons. The molecule has 45 heavy (non-hydrogen) atoms. The van der Waals surface area contributed by atoms with Crippen LogP contribution in [0.25, 0.3) is 16.9 Å². The Morgan fingerprint density at radius 2 is 1.91 bits per heavy atom. The number of anilines is 3. The maximum atomic E-state index is 15.3. The van der Waals surface area contributed by atoms with Crippen LogP contribution in [0.4, 0.5) is 21.7 Å². The smallest absolute Gasteiger partial charge is 0.247 e. The van der Waals surface area contributed by atoms with Gasteiger partial charge in [-0.05, 0) is 64.1 Å². The molecule has 236 valence electrons. The molecule has 0 amide bonds. The second kappa shape index (κ2) is 12.1. The highest BCUT2D eigenvalue weighted by atomic mass is 32.2. The lowest BCUT2D eigenvalue weighted by molar-refractivity contribution is 0.0160. The van der Waals surface area contributed by atoms with Gasteiger partial charge in [0.2, 0.25) is 21.4 Å². The number of aliphatic hydroxyl groups is 1. The third-order valence-electron chi connectivity index (χ3n) is 7.21. The fourth-order valence-electron chi connectivity index (χ4n) is 4.95. The molecule has 1 aliphatic rings. The van der Waals surface area contributed by atoms with Crippen LogP contribution in [0, 0.1) is 5.82 Å². The number of hydrogen-bond donors (Lipinski definition) is 2. The predicted molar refractivity (Wildman–Crippen MR) is 164 cm³/mol.